The maximum Gasteiger partial charge on any atom is 0.306 e. The molecule has 512 valence electrons. The summed E-state index contributed by atoms with van der Waals surface area (Å²) in [5.74, 6) is -0.817. The van der Waals surface area contributed by atoms with Crippen molar-refractivity contribution in [3.8, 4) is 0 Å². The molecule has 0 aliphatic carbocycles. The van der Waals surface area contributed by atoms with Crippen molar-refractivity contribution in [3.05, 3.63) is 85.1 Å². The Bertz CT molecular complexity index is 1760. The molecule has 0 N–H and O–H groups in total. The van der Waals surface area contributed by atoms with Gasteiger partial charge in [0.15, 0.2) is 6.10 Å². The van der Waals surface area contributed by atoms with Gasteiger partial charge in [-0.25, -0.2) is 0 Å². The molecule has 0 aliphatic heterocycles. The van der Waals surface area contributed by atoms with Crippen molar-refractivity contribution in [2.75, 3.05) is 47.5 Å². The van der Waals surface area contributed by atoms with Crippen LogP contribution in [-0.2, 0) is 32.7 Å². The molecule has 0 bridgehead atoms. The van der Waals surface area contributed by atoms with Crippen molar-refractivity contribution >= 4 is 19.8 Å². The van der Waals surface area contributed by atoms with Crippen molar-refractivity contribution in [2.45, 2.75) is 354 Å². The Kier molecular flexibility index (Phi) is 66.4. The van der Waals surface area contributed by atoms with Crippen molar-refractivity contribution < 1.29 is 42.1 Å². The minimum atomic E-state index is -4.64. The van der Waals surface area contributed by atoms with Gasteiger partial charge in [0.25, 0.3) is 7.82 Å². The third-order valence-corrected chi connectivity index (χ3v) is 17.4. The largest absolute Gasteiger partial charge is 0.756 e. The Morgan fingerprint density at radius 1 is 0.364 bits per heavy atom. The van der Waals surface area contributed by atoms with E-state index >= 15 is 0 Å². The van der Waals surface area contributed by atoms with Gasteiger partial charge >= 0.3 is 11.9 Å². The molecule has 9 nitrogen and oxygen atoms in total. The highest BCUT2D eigenvalue weighted by Gasteiger charge is 2.22. The van der Waals surface area contributed by atoms with Crippen LogP contribution in [0.2, 0.25) is 0 Å². The zero-order valence-corrected chi connectivity index (χ0v) is 59.3. The predicted octanol–water partition coefficient (Wildman–Crippen LogP) is 23.9. The molecule has 0 heterocycles. The zero-order valence-electron chi connectivity index (χ0n) is 58.4. The molecule has 10 heteroatoms. The number of nitrogens with zero attached hydrogens (tertiary/aromatic N) is 1. The number of carbonyl (C=O) groups is 2. The molecule has 0 radical (unpaired) electrons. The number of quaternary nitrogens is 1. The number of carbonyl (C=O) groups excluding carboxylic acids is 2. The standard InChI is InChI=1S/C78H142NO8P/c1-6-8-10-12-14-16-18-20-22-24-26-28-30-32-34-36-37-38-39-40-41-43-45-47-49-51-53-55-57-59-61-63-65-67-69-71-78(81)87-76(75-86-88(82,83)85-73-72-79(3,4)5)74-84-77(80)70-68-66-64-62-60-58-56-54-52-50-48-46-44-42-35-33-31-29-27-25-23-21-19-17-15-13-11-9-7-2/h8,10,14,16,19-22,25-28,32,34,76H,6-7,9,11-13,15,17-18,23-24,29-31,33,35-75H2,1-5H3/b10-8-,16-14-,21-19-,22-20-,27-25-,28-26-,34-32-. The summed E-state index contributed by atoms with van der Waals surface area (Å²) in [5.41, 5.74) is 0. The average molecular weight is 1250 g/mol. The van der Waals surface area contributed by atoms with Crippen LogP contribution in [0.3, 0.4) is 0 Å². The van der Waals surface area contributed by atoms with Crippen LogP contribution < -0.4 is 4.89 Å². The van der Waals surface area contributed by atoms with Crippen LogP contribution >= 0.6 is 7.82 Å². The van der Waals surface area contributed by atoms with Gasteiger partial charge in [-0.05, 0) is 89.9 Å². The van der Waals surface area contributed by atoms with Gasteiger partial charge in [-0.1, -0.05) is 330 Å². The Balaban J connectivity index is 3.98. The third-order valence-electron chi connectivity index (χ3n) is 16.4. The SMILES string of the molecule is CC/C=C\C/C=C\C/C=C\C/C=C\C/C=C\CCCCCCCCCCCCCCCCCCCCCC(=O)OC(COC(=O)CCCCCCCCCCCCCCCCCCC/C=C\C/C=C\CCCCCCC)COP(=O)([O-])OCC[N+](C)(C)C. The Morgan fingerprint density at radius 2 is 0.648 bits per heavy atom. The molecule has 0 aromatic rings. The first kappa shape index (κ1) is 85.2. The van der Waals surface area contributed by atoms with Crippen LogP contribution in [0, 0.1) is 0 Å². The monoisotopic (exact) mass is 1250 g/mol. The second-order valence-electron chi connectivity index (χ2n) is 26.3. The van der Waals surface area contributed by atoms with E-state index in [-0.39, 0.29) is 32.0 Å². The Hall–Kier alpha value is -2.81. The minimum Gasteiger partial charge on any atom is -0.756 e. The molecule has 0 aromatic carbocycles. The molecule has 2 atom stereocenters. The lowest BCUT2D eigenvalue weighted by molar-refractivity contribution is -0.870. The van der Waals surface area contributed by atoms with E-state index in [1.165, 1.54) is 238 Å². The molecule has 0 rings (SSSR count). The molecule has 2 unspecified atom stereocenters. The summed E-state index contributed by atoms with van der Waals surface area (Å²) in [6.45, 7) is 4.17. The van der Waals surface area contributed by atoms with Gasteiger partial charge < -0.3 is 27.9 Å². The Morgan fingerprint density at radius 3 is 0.966 bits per heavy atom. The molecule has 0 amide bonds. The zero-order chi connectivity index (χ0) is 64.1. The topological polar surface area (TPSA) is 111 Å². The second-order valence-corrected chi connectivity index (χ2v) is 27.7. The highest BCUT2D eigenvalue weighted by atomic mass is 31.2. The number of hydrogen-bond acceptors (Lipinski definition) is 8. The number of rotatable bonds is 69. The summed E-state index contributed by atoms with van der Waals surface area (Å²) in [6, 6.07) is 0. The summed E-state index contributed by atoms with van der Waals surface area (Å²) in [6.07, 6.45) is 93.9. The van der Waals surface area contributed by atoms with Crippen LogP contribution in [0.4, 0.5) is 0 Å². The lowest BCUT2D eigenvalue weighted by atomic mass is 10.0. The number of hydrogen-bond donors (Lipinski definition) is 0. The number of ether oxygens (including phenoxy) is 2. The first-order valence-electron chi connectivity index (χ1n) is 37.3. The van der Waals surface area contributed by atoms with Crippen LogP contribution in [0.1, 0.15) is 348 Å². The second kappa shape index (κ2) is 68.6. The van der Waals surface area contributed by atoms with E-state index in [0.717, 1.165) is 77.0 Å². The van der Waals surface area contributed by atoms with Crippen LogP contribution in [0.5, 0.6) is 0 Å². The number of allylic oxidation sites excluding steroid dienone is 14. The highest BCUT2D eigenvalue weighted by Crippen LogP contribution is 2.38. The van der Waals surface area contributed by atoms with Gasteiger partial charge in [0.05, 0.1) is 27.7 Å². The van der Waals surface area contributed by atoms with E-state index in [2.05, 4.69) is 98.9 Å². The third kappa shape index (κ3) is 72.3. The van der Waals surface area contributed by atoms with E-state index in [4.69, 9.17) is 18.5 Å². The van der Waals surface area contributed by atoms with Crippen LogP contribution in [0.25, 0.3) is 0 Å². The lowest BCUT2D eigenvalue weighted by Gasteiger charge is -2.28. The molecule has 0 fully saturated rings. The number of unbranched alkanes of at least 4 members (excludes halogenated alkanes) is 41. The smallest absolute Gasteiger partial charge is 0.306 e. The van der Waals surface area contributed by atoms with Crippen molar-refractivity contribution in [1.29, 1.82) is 0 Å². The van der Waals surface area contributed by atoms with Crippen molar-refractivity contribution in [1.82, 2.24) is 0 Å². The van der Waals surface area contributed by atoms with E-state index in [0.29, 0.717) is 17.4 Å². The summed E-state index contributed by atoms with van der Waals surface area (Å²) >= 11 is 0. The molecule has 88 heavy (non-hydrogen) atoms. The fourth-order valence-electron chi connectivity index (χ4n) is 10.7. The fraction of sp³-hybridized carbons (Fsp3) is 0.795. The predicted molar refractivity (Wildman–Crippen MR) is 379 cm³/mol. The van der Waals surface area contributed by atoms with E-state index in [1.54, 1.807) is 0 Å². The van der Waals surface area contributed by atoms with Crippen LogP contribution in [0.15, 0.2) is 85.1 Å². The molecule has 0 saturated carbocycles. The molecule has 0 saturated heterocycles. The van der Waals surface area contributed by atoms with E-state index < -0.39 is 26.5 Å². The summed E-state index contributed by atoms with van der Waals surface area (Å²) in [5, 5.41) is 0. The maximum absolute atomic E-state index is 12.9. The molecule has 0 aromatic heterocycles. The van der Waals surface area contributed by atoms with Crippen molar-refractivity contribution in [2.24, 2.45) is 0 Å². The average Bonchev–Trinajstić information content (AvgIpc) is 3.57. The van der Waals surface area contributed by atoms with Crippen molar-refractivity contribution in [3.63, 3.8) is 0 Å². The quantitative estimate of drug-likeness (QED) is 0.0195. The molecule has 0 aliphatic rings. The highest BCUT2D eigenvalue weighted by molar-refractivity contribution is 7.45. The Labute approximate surface area is 545 Å². The first-order valence-corrected chi connectivity index (χ1v) is 38.8. The van der Waals surface area contributed by atoms with Gasteiger partial charge in [-0.15, -0.1) is 0 Å². The number of esters is 2. The van der Waals surface area contributed by atoms with Gasteiger partial charge in [-0.2, -0.15) is 0 Å². The summed E-state index contributed by atoms with van der Waals surface area (Å²) < 4.78 is 34.4. The molecular formula is C78H142NO8P. The number of likely N-dealkylation sites (N-methyl/N-ethyl adjacent to an activating group) is 1. The van der Waals surface area contributed by atoms with Crippen LogP contribution in [-0.4, -0.2) is 70.0 Å². The first-order chi connectivity index (χ1) is 43.0. The van der Waals surface area contributed by atoms with Gasteiger partial charge in [0, 0.05) is 12.8 Å². The summed E-state index contributed by atoms with van der Waals surface area (Å²) in [7, 11) is 1.18. The van der Waals surface area contributed by atoms with Gasteiger partial charge in [0.2, 0.25) is 0 Å². The number of phosphoric acid groups is 1. The number of phosphoric ester groups is 1. The van der Waals surface area contributed by atoms with E-state index in [1.807, 2.05) is 21.1 Å². The normalized spacial score (nSPS) is 13.6. The summed E-state index contributed by atoms with van der Waals surface area (Å²) in [4.78, 5) is 38.1. The van der Waals surface area contributed by atoms with E-state index in [9.17, 15) is 19.0 Å². The van der Waals surface area contributed by atoms with Gasteiger partial charge in [0.1, 0.15) is 19.8 Å². The fourth-order valence-corrected chi connectivity index (χ4v) is 11.4. The molecular weight excluding hydrogens is 1110 g/mol. The minimum absolute atomic E-state index is 0.0307. The van der Waals surface area contributed by atoms with Gasteiger partial charge in [-0.3, -0.25) is 14.2 Å². The lowest BCUT2D eigenvalue weighted by Crippen LogP contribution is -2.37. The maximum atomic E-state index is 12.9. The molecule has 0 spiro atoms.